The van der Waals surface area contributed by atoms with Crippen LogP contribution in [0.3, 0.4) is 0 Å². The second-order valence-electron chi connectivity index (χ2n) is 16.7. The number of rotatable bonds is 20. The quantitative estimate of drug-likeness (QED) is 0.123. The average molecular weight is 1000 g/mol. The van der Waals surface area contributed by atoms with Gasteiger partial charge in [-0.15, -0.1) is 20.4 Å². The van der Waals surface area contributed by atoms with Crippen LogP contribution < -0.4 is 0 Å². The summed E-state index contributed by atoms with van der Waals surface area (Å²) in [6.07, 6.45) is 6.41. The Balaban J connectivity index is 0.000000196. The van der Waals surface area contributed by atoms with E-state index < -0.39 is 54.6 Å². The lowest BCUT2D eigenvalue weighted by molar-refractivity contribution is -0.0957. The summed E-state index contributed by atoms with van der Waals surface area (Å²) in [7, 11) is -1.39. The Bertz CT molecular complexity index is 2280. The number of hydrogen-bond acceptors (Lipinski definition) is 20. The van der Waals surface area contributed by atoms with Gasteiger partial charge >= 0.3 is 0 Å². The largest absolute Gasteiger partial charge is 0.382 e. The van der Waals surface area contributed by atoms with Crippen molar-refractivity contribution >= 4 is 42.9 Å². The minimum atomic E-state index is -3.74. The number of ether oxygens (including phenoxy) is 8. The van der Waals surface area contributed by atoms with Crippen molar-refractivity contribution in [3.8, 4) is 0 Å². The zero-order valence-electron chi connectivity index (χ0n) is 37.6. The fraction of sp³-hybridized carbons (Fsp3) is 0.700. The van der Waals surface area contributed by atoms with E-state index in [0.29, 0.717) is 86.2 Å². The molecule has 6 atom stereocenters. The Morgan fingerprint density at radius 1 is 0.621 bits per heavy atom. The molecule has 4 fully saturated rings. The lowest BCUT2D eigenvalue weighted by atomic mass is 10.2. The highest BCUT2D eigenvalue weighted by Crippen LogP contribution is 2.48. The van der Waals surface area contributed by atoms with E-state index in [1.807, 2.05) is 9.13 Å². The van der Waals surface area contributed by atoms with Crippen molar-refractivity contribution in [2.24, 2.45) is 0 Å². The molecule has 2 aliphatic heterocycles. The molecule has 26 heteroatoms. The predicted octanol–water partition coefficient (Wildman–Crippen LogP) is 3.27. The van der Waals surface area contributed by atoms with E-state index >= 15 is 0 Å². The number of hydrogen-bond donors (Lipinski definition) is 0. The lowest BCUT2D eigenvalue weighted by Gasteiger charge is -2.27. The van der Waals surface area contributed by atoms with Crippen LogP contribution in [0.1, 0.15) is 98.9 Å². The molecule has 66 heavy (non-hydrogen) atoms. The molecular formula is C40H56Cl2N10O12S2. The summed E-state index contributed by atoms with van der Waals surface area (Å²) in [4.78, 5) is 16.5. The van der Waals surface area contributed by atoms with Crippen molar-refractivity contribution in [3.63, 3.8) is 0 Å². The fourth-order valence-electron chi connectivity index (χ4n) is 8.21. The van der Waals surface area contributed by atoms with Gasteiger partial charge in [0.25, 0.3) is 0 Å². The molecule has 2 saturated heterocycles. The van der Waals surface area contributed by atoms with Crippen molar-refractivity contribution in [1.82, 2.24) is 49.5 Å². The summed E-state index contributed by atoms with van der Waals surface area (Å²) in [5.41, 5.74) is -0.773. The van der Waals surface area contributed by atoms with Crippen LogP contribution in [0.5, 0.6) is 0 Å². The number of aromatic nitrogens is 10. The van der Waals surface area contributed by atoms with Crippen LogP contribution in [0, 0.1) is 0 Å². The zero-order chi connectivity index (χ0) is 47.3. The molecule has 364 valence electrons. The van der Waals surface area contributed by atoms with Gasteiger partial charge in [-0.3, -0.25) is 0 Å². The third-order valence-electron chi connectivity index (χ3n) is 12.1. The van der Waals surface area contributed by atoms with E-state index in [9.17, 15) is 16.8 Å². The molecule has 0 amide bonds. The van der Waals surface area contributed by atoms with Crippen LogP contribution in [0.25, 0.3) is 0 Å². The fourth-order valence-corrected chi connectivity index (χ4v) is 11.2. The Morgan fingerprint density at radius 2 is 0.985 bits per heavy atom. The highest BCUT2D eigenvalue weighted by molar-refractivity contribution is 7.91. The molecule has 8 rings (SSSR count). The molecule has 6 heterocycles. The highest BCUT2D eigenvalue weighted by Gasteiger charge is 2.51. The molecule has 0 spiro atoms. The summed E-state index contributed by atoms with van der Waals surface area (Å²) in [5, 5.41) is 16.0. The molecule has 4 aliphatic rings. The molecule has 0 aromatic carbocycles. The number of methoxy groups -OCH3 is 4. The number of nitrogens with zero attached hydrogens (tertiary/aromatic N) is 10. The molecule has 22 nitrogen and oxygen atoms in total. The number of sulfone groups is 2. The molecular weight excluding hydrogens is 948 g/mol. The smallest absolute Gasteiger partial charge is 0.165 e. The first-order chi connectivity index (χ1) is 31.6. The first-order valence-corrected chi connectivity index (χ1v) is 25.5. The topological polar surface area (TPSA) is 255 Å². The SMILES string of the molecule is COCC1(n2c(CS(=O)(=O)[C@@H](C)[C@H](OC)c3ncc(Cl)cn3)nnc2[C@@H]2COCCO2)CC1.COCC1(n2c(CS(=O)(=O)[C@@H](C)[C@H](OC)c3ncc(Cl)cn3)nnc2[C@H]2COCCO2)CC1. The van der Waals surface area contributed by atoms with Crippen LogP contribution in [-0.2, 0) is 80.2 Å². The monoisotopic (exact) mass is 1000 g/mol. The Hall–Kier alpha value is -3.40. The van der Waals surface area contributed by atoms with Crippen molar-refractivity contribution in [3.05, 3.63) is 69.8 Å². The van der Waals surface area contributed by atoms with Gasteiger partial charge < -0.3 is 47.0 Å². The summed E-state index contributed by atoms with van der Waals surface area (Å²) in [6, 6.07) is 0. The van der Waals surface area contributed by atoms with Crippen LogP contribution in [0.15, 0.2) is 24.8 Å². The van der Waals surface area contributed by atoms with E-state index in [-0.39, 0.29) is 34.2 Å². The Labute approximate surface area is 393 Å². The summed E-state index contributed by atoms with van der Waals surface area (Å²) in [5.74, 6) is 1.64. The molecule has 0 bridgehead atoms. The van der Waals surface area contributed by atoms with Gasteiger partial charge in [0.05, 0.1) is 84.5 Å². The van der Waals surface area contributed by atoms with Crippen molar-refractivity contribution in [2.45, 2.75) is 97.0 Å². The predicted molar refractivity (Wildman–Crippen MR) is 235 cm³/mol. The van der Waals surface area contributed by atoms with E-state index in [1.165, 1.54) is 39.0 Å². The van der Waals surface area contributed by atoms with E-state index in [1.54, 1.807) is 28.1 Å². The molecule has 2 saturated carbocycles. The van der Waals surface area contributed by atoms with E-state index in [2.05, 4.69) is 40.3 Å². The van der Waals surface area contributed by atoms with Crippen LogP contribution in [-0.4, -0.2) is 158 Å². The van der Waals surface area contributed by atoms with Gasteiger partial charge in [0.15, 0.2) is 43.0 Å². The van der Waals surface area contributed by atoms with E-state index in [0.717, 1.165) is 25.7 Å². The number of halogens is 2. The highest BCUT2D eigenvalue weighted by atomic mass is 35.5. The standard InChI is InChI=1S/2C20H28ClN5O6S/c2*1-13(17(30-3)18-22-8-14(21)9-23-18)33(27,28)11-16-24-25-19(15-10-31-6-7-32-15)26(16)20(4-5-20)12-29-2/h2*8-9,13,15,17H,4-7,10-12H2,1-3H3/t13-,15+,17-;13-,15-,17-/m00/s1. The van der Waals surface area contributed by atoms with Gasteiger partial charge in [0.1, 0.15) is 47.6 Å². The summed E-state index contributed by atoms with van der Waals surface area (Å²) < 4.78 is 102. The Morgan fingerprint density at radius 3 is 1.27 bits per heavy atom. The molecule has 0 N–H and O–H groups in total. The normalized spacial score (nSPS) is 22.1. The molecule has 4 aromatic rings. The second-order valence-corrected chi connectivity index (χ2v) is 22.2. The molecule has 0 unspecified atom stereocenters. The molecule has 4 aromatic heterocycles. The maximum atomic E-state index is 13.5. The maximum absolute atomic E-state index is 13.5. The van der Waals surface area contributed by atoms with Gasteiger partial charge in [-0.25, -0.2) is 36.8 Å². The average Bonchev–Trinajstić information content (AvgIpc) is 4.19. The molecule has 0 radical (unpaired) electrons. The van der Waals surface area contributed by atoms with Crippen LogP contribution in [0.4, 0.5) is 0 Å². The van der Waals surface area contributed by atoms with Gasteiger partial charge in [0.2, 0.25) is 0 Å². The van der Waals surface area contributed by atoms with Gasteiger partial charge in [-0.05, 0) is 39.5 Å². The maximum Gasteiger partial charge on any atom is 0.165 e. The van der Waals surface area contributed by atoms with Gasteiger partial charge in [-0.1, -0.05) is 23.2 Å². The Kier molecular flexibility index (Phi) is 16.4. The van der Waals surface area contributed by atoms with Crippen molar-refractivity contribution in [2.75, 3.05) is 81.3 Å². The lowest BCUT2D eigenvalue weighted by Crippen LogP contribution is -2.34. The first-order valence-electron chi connectivity index (χ1n) is 21.3. The zero-order valence-corrected chi connectivity index (χ0v) is 40.8. The third kappa shape index (κ3) is 11.2. The minimum Gasteiger partial charge on any atom is -0.382 e. The second kappa shape index (κ2) is 21.5. The first kappa shape index (κ1) is 50.5. The molecule has 2 aliphatic carbocycles. The third-order valence-corrected chi connectivity index (χ3v) is 16.6. The van der Waals surface area contributed by atoms with Crippen molar-refractivity contribution in [1.29, 1.82) is 0 Å². The summed E-state index contributed by atoms with van der Waals surface area (Å²) in [6.45, 7) is 6.57. The van der Waals surface area contributed by atoms with Gasteiger partial charge in [-0.2, -0.15) is 0 Å². The van der Waals surface area contributed by atoms with Crippen LogP contribution >= 0.6 is 23.2 Å². The van der Waals surface area contributed by atoms with Crippen LogP contribution in [0.2, 0.25) is 10.0 Å². The van der Waals surface area contributed by atoms with E-state index in [4.69, 9.17) is 61.1 Å². The van der Waals surface area contributed by atoms with Crippen molar-refractivity contribution < 1.29 is 54.7 Å². The van der Waals surface area contributed by atoms with Gasteiger partial charge in [0, 0.05) is 53.2 Å². The summed E-state index contributed by atoms with van der Waals surface area (Å²) >= 11 is 11.7. The minimum absolute atomic E-state index is 0.242.